The molecular formula is C14H15FN4O2. The van der Waals surface area contributed by atoms with Gasteiger partial charge in [0, 0.05) is 12.7 Å². The van der Waals surface area contributed by atoms with Crippen LogP contribution in [0.25, 0.3) is 0 Å². The molecule has 1 aromatic heterocycles. The van der Waals surface area contributed by atoms with Crippen LogP contribution in [-0.2, 0) is 6.42 Å². The van der Waals surface area contributed by atoms with Crippen molar-refractivity contribution in [2.75, 3.05) is 12.0 Å². The van der Waals surface area contributed by atoms with Crippen LogP contribution in [-0.4, -0.2) is 22.5 Å². The van der Waals surface area contributed by atoms with E-state index in [4.69, 9.17) is 10.9 Å². The molecule has 5 N–H and O–H groups in total. The minimum Gasteiger partial charge on any atom is -0.508 e. The summed E-state index contributed by atoms with van der Waals surface area (Å²) >= 11 is 0. The van der Waals surface area contributed by atoms with Gasteiger partial charge in [0.15, 0.2) is 11.6 Å². The van der Waals surface area contributed by atoms with Gasteiger partial charge >= 0.3 is 0 Å². The SMILES string of the molecule is NNc1nccc(C(=O)NCCc2ccc(O)cc2)c1F. The smallest absolute Gasteiger partial charge is 0.254 e. The van der Waals surface area contributed by atoms with Gasteiger partial charge in [-0.1, -0.05) is 12.1 Å². The number of pyridine rings is 1. The molecule has 0 unspecified atom stereocenters. The monoisotopic (exact) mass is 290 g/mol. The summed E-state index contributed by atoms with van der Waals surface area (Å²) in [4.78, 5) is 15.6. The third-order valence-electron chi connectivity index (χ3n) is 2.91. The lowest BCUT2D eigenvalue weighted by Crippen LogP contribution is -2.27. The average Bonchev–Trinajstić information content (AvgIpc) is 2.49. The Balaban J connectivity index is 1.94. The number of anilines is 1. The molecule has 0 bridgehead atoms. The Morgan fingerprint density at radius 1 is 1.29 bits per heavy atom. The van der Waals surface area contributed by atoms with E-state index in [0.717, 1.165) is 5.56 Å². The summed E-state index contributed by atoms with van der Waals surface area (Å²) in [7, 11) is 0. The highest BCUT2D eigenvalue weighted by Crippen LogP contribution is 2.14. The zero-order chi connectivity index (χ0) is 15.2. The second-order valence-corrected chi connectivity index (χ2v) is 4.34. The van der Waals surface area contributed by atoms with Crippen LogP contribution in [0.15, 0.2) is 36.5 Å². The molecule has 2 aromatic rings. The first-order valence-corrected chi connectivity index (χ1v) is 6.29. The number of nitrogen functional groups attached to an aromatic ring is 1. The number of hydrazine groups is 1. The van der Waals surface area contributed by atoms with Crippen LogP contribution in [0, 0.1) is 5.82 Å². The molecule has 1 amide bonds. The van der Waals surface area contributed by atoms with Gasteiger partial charge in [0.25, 0.3) is 5.91 Å². The third-order valence-corrected chi connectivity index (χ3v) is 2.91. The summed E-state index contributed by atoms with van der Waals surface area (Å²) in [6.45, 7) is 0.344. The van der Waals surface area contributed by atoms with Crippen molar-refractivity contribution >= 4 is 11.7 Å². The van der Waals surface area contributed by atoms with Crippen LogP contribution < -0.4 is 16.6 Å². The van der Waals surface area contributed by atoms with Gasteiger partial charge in [0.2, 0.25) is 0 Å². The van der Waals surface area contributed by atoms with Crippen molar-refractivity contribution in [1.29, 1.82) is 0 Å². The van der Waals surface area contributed by atoms with E-state index in [1.165, 1.54) is 12.3 Å². The van der Waals surface area contributed by atoms with Gasteiger partial charge in [0.05, 0.1) is 5.56 Å². The summed E-state index contributed by atoms with van der Waals surface area (Å²) in [5.74, 6) is 3.78. The first kappa shape index (κ1) is 14.7. The molecule has 1 heterocycles. The second-order valence-electron chi connectivity index (χ2n) is 4.34. The van der Waals surface area contributed by atoms with Crippen molar-refractivity contribution in [2.24, 2.45) is 5.84 Å². The van der Waals surface area contributed by atoms with Crippen LogP contribution in [0.2, 0.25) is 0 Å². The van der Waals surface area contributed by atoms with E-state index in [1.807, 2.05) is 0 Å². The summed E-state index contributed by atoms with van der Waals surface area (Å²) in [5, 5.41) is 11.8. The van der Waals surface area contributed by atoms with Crippen molar-refractivity contribution < 1.29 is 14.3 Å². The molecule has 6 nitrogen and oxygen atoms in total. The van der Waals surface area contributed by atoms with E-state index in [1.54, 1.807) is 24.3 Å². The highest BCUT2D eigenvalue weighted by atomic mass is 19.1. The Labute approximate surface area is 120 Å². The minimum atomic E-state index is -0.790. The van der Waals surface area contributed by atoms with Crippen LogP contribution in [0.3, 0.4) is 0 Å². The Morgan fingerprint density at radius 3 is 2.67 bits per heavy atom. The van der Waals surface area contributed by atoms with Crippen molar-refractivity contribution in [3.05, 3.63) is 53.5 Å². The Morgan fingerprint density at radius 2 is 2.00 bits per heavy atom. The zero-order valence-electron chi connectivity index (χ0n) is 11.1. The molecule has 0 radical (unpaired) electrons. The molecule has 0 saturated heterocycles. The van der Waals surface area contributed by atoms with Crippen molar-refractivity contribution in [3.63, 3.8) is 0 Å². The maximum absolute atomic E-state index is 13.8. The highest BCUT2D eigenvalue weighted by Gasteiger charge is 2.15. The number of carbonyl (C=O) groups excluding carboxylic acids is 1. The number of phenolic OH excluding ortho intramolecular Hbond substituents is 1. The molecule has 0 atom stereocenters. The summed E-state index contributed by atoms with van der Waals surface area (Å²) in [5.41, 5.74) is 2.92. The summed E-state index contributed by atoms with van der Waals surface area (Å²) in [6, 6.07) is 7.93. The second kappa shape index (κ2) is 6.67. The van der Waals surface area contributed by atoms with Gasteiger partial charge in [-0.2, -0.15) is 0 Å². The topological polar surface area (TPSA) is 100 Å². The molecule has 0 aliphatic heterocycles. The lowest BCUT2D eigenvalue weighted by Gasteiger charge is -2.08. The average molecular weight is 290 g/mol. The van der Waals surface area contributed by atoms with Crippen LogP contribution in [0.1, 0.15) is 15.9 Å². The van der Waals surface area contributed by atoms with Crippen molar-refractivity contribution in [2.45, 2.75) is 6.42 Å². The van der Waals surface area contributed by atoms with Crippen molar-refractivity contribution in [1.82, 2.24) is 10.3 Å². The van der Waals surface area contributed by atoms with Gasteiger partial charge in [-0.15, -0.1) is 0 Å². The van der Waals surface area contributed by atoms with Gasteiger partial charge in [-0.25, -0.2) is 15.2 Å². The van der Waals surface area contributed by atoms with Crippen molar-refractivity contribution in [3.8, 4) is 5.75 Å². The number of hydrogen-bond acceptors (Lipinski definition) is 5. The summed E-state index contributed by atoms with van der Waals surface area (Å²) < 4.78 is 13.8. The standard InChI is InChI=1S/C14H15FN4O2/c15-12-11(6-8-17-13(12)19-16)14(21)18-7-5-9-1-3-10(20)4-2-9/h1-4,6,8,20H,5,7,16H2,(H,17,19)(H,18,21). The maximum atomic E-state index is 13.8. The van der Waals surface area contributed by atoms with Gasteiger partial charge in [0.1, 0.15) is 5.75 Å². The lowest BCUT2D eigenvalue weighted by molar-refractivity contribution is 0.0950. The normalized spacial score (nSPS) is 10.2. The molecule has 2 rings (SSSR count). The number of nitrogens with two attached hydrogens (primary N) is 1. The molecule has 0 aliphatic rings. The summed E-state index contributed by atoms with van der Waals surface area (Å²) in [6.07, 6.45) is 1.87. The lowest BCUT2D eigenvalue weighted by atomic mass is 10.1. The maximum Gasteiger partial charge on any atom is 0.254 e. The molecule has 110 valence electrons. The Kier molecular flexibility index (Phi) is 4.68. The number of phenols is 1. The fraction of sp³-hybridized carbons (Fsp3) is 0.143. The number of nitrogens with one attached hydrogen (secondary N) is 2. The molecule has 1 aromatic carbocycles. The van der Waals surface area contributed by atoms with E-state index in [2.05, 4.69) is 15.7 Å². The minimum absolute atomic E-state index is 0.122. The van der Waals surface area contributed by atoms with E-state index < -0.39 is 11.7 Å². The van der Waals surface area contributed by atoms with E-state index in [-0.39, 0.29) is 17.1 Å². The quantitative estimate of drug-likeness (QED) is 0.489. The Hall–Kier alpha value is -2.67. The van der Waals surface area contributed by atoms with E-state index in [0.29, 0.717) is 13.0 Å². The van der Waals surface area contributed by atoms with E-state index >= 15 is 0 Å². The number of rotatable bonds is 5. The molecular weight excluding hydrogens is 275 g/mol. The predicted molar refractivity (Wildman–Crippen MR) is 76.1 cm³/mol. The number of nitrogens with zero attached hydrogens (tertiary/aromatic N) is 1. The van der Waals surface area contributed by atoms with Crippen LogP contribution in [0.4, 0.5) is 10.2 Å². The largest absolute Gasteiger partial charge is 0.508 e. The fourth-order valence-corrected chi connectivity index (χ4v) is 1.80. The number of hydrogen-bond donors (Lipinski definition) is 4. The zero-order valence-corrected chi connectivity index (χ0v) is 11.1. The van der Waals surface area contributed by atoms with Gasteiger partial charge in [-0.3, -0.25) is 4.79 Å². The third kappa shape index (κ3) is 3.67. The first-order valence-electron chi connectivity index (χ1n) is 6.29. The highest BCUT2D eigenvalue weighted by molar-refractivity contribution is 5.95. The number of amides is 1. The molecule has 0 spiro atoms. The number of benzene rings is 1. The first-order chi connectivity index (χ1) is 10.1. The predicted octanol–water partition coefficient (Wildman–Crippen LogP) is 1.18. The number of carbonyl (C=O) groups is 1. The van der Waals surface area contributed by atoms with Gasteiger partial charge in [-0.05, 0) is 30.2 Å². The van der Waals surface area contributed by atoms with Crippen LogP contribution in [0.5, 0.6) is 5.75 Å². The van der Waals surface area contributed by atoms with Crippen LogP contribution >= 0.6 is 0 Å². The number of aromatic nitrogens is 1. The number of halogens is 1. The Bertz CT molecular complexity index is 631. The van der Waals surface area contributed by atoms with Gasteiger partial charge < -0.3 is 15.8 Å². The number of aromatic hydroxyl groups is 1. The molecule has 0 aliphatic carbocycles. The molecule has 0 saturated carbocycles. The fourth-order valence-electron chi connectivity index (χ4n) is 1.80. The van der Waals surface area contributed by atoms with E-state index in [9.17, 15) is 9.18 Å². The molecule has 7 heteroatoms. The molecule has 21 heavy (non-hydrogen) atoms. The molecule has 0 fully saturated rings.